The maximum atomic E-state index is 6.25. The SMILES string of the molecule is CCN1CCCC(N(C)c2nnc(-c3ccc(OC)cc3OCc3ccccc3)n3ccnc23)C1. The molecule has 2 aromatic heterocycles. The van der Waals surface area contributed by atoms with Gasteiger partial charge in [0.15, 0.2) is 17.3 Å². The minimum atomic E-state index is 0.384. The Kier molecular flexibility index (Phi) is 6.81. The molecule has 1 aliphatic rings. The summed E-state index contributed by atoms with van der Waals surface area (Å²) < 4.78 is 13.7. The average Bonchev–Trinajstić information content (AvgIpc) is 3.42. The van der Waals surface area contributed by atoms with Crippen LogP contribution in [0.2, 0.25) is 0 Å². The molecule has 1 unspecified atom stereocenters. The molecule has 0 spiro atoms. The lowest BCUT2D eigenvalue weighted by Gasteiger charge is -2.37. The standard InChI is InChI=1S/C27H32N6O2/c1-4-32-15-8-11-21(18-32)31(2)27-26-28-14-16-33(26)25(29-30-27)23-13-12-22(34-3)17-24(23)35-19-20-9-6-5-7-10-20/h5-7,9-10,12-14,16-17,21H,4,8,11,15,18-19H2,1-3H3. The highest BCUT2D eigenvalue weighted by atomic mass is 16.5. The van der Waals surface area contributed by atoms with Crippen molar-refractivity contribution in [2.75, 3.05) is 38.7 Å². The van der Waals surface area contributed by atoms with Crippen molar-refractivity contribution in [3.63, 3.8) is 0 Å². The molecule has 35 heavy (non-hydrogen) atoms. The third-order valence-corrected chi connectivity index (χ3v) is 6.78. The van der Waals surface area contributed by atoms with E-state index >= 15 is 0 Å². The lowest BCUT2D eigenvalue weighted by atomic mass is 10.0. The molecule has 0 amide bonds. The Morgan fingerprint density at radius 2 is 1.97 bits per heavy atom. The largest absolute Gasteiger partial charge is 0.497 e. The predicted molar refractivity (Wildman–Crippen MR) is 137 cm³/mol. The van der Waals surface area contributed by atoms with Crippen LogP contribution >= 0.6 is 0 Å². The van der Waals surface area contributed by atoms with E-state index in [9.17, 15) is 0 Å². The van der Waals surface area contributed by atoms with Crippen LogP contribution < -0.4 is 14.4 Å². The molecule has 1 atom stereocenters. The lowest BCUT2D eigenvalue weighted by Crippen LogP contribution is -2.46. The molecule has 0 bridgehead atoms. The topological polar surface area (TPSA) is 68.0 Å². The summed E-state index contributed by atoms with van der Waals surface area (Å²) in [7, 11) is 3.75. The Balaban J connectivity index is 1.49. The fourth-order valence-corrected chi connectivity index (χ4v) is 4.72. The number of hydrogen-bond donors (Lipinski definition) is 0. The van der Waals surface area contributed by atoms with Crippen molar-refractivity contribution >= 4 is 11.5 Å². The summed E-state index contributed by atoms with van der Waals surface area (Å²) in [4.78, 5) is 9.38. The van der Waals surface area contributed by atoms with Crippen molar-refractivity contribution < 1.29 is 9.47 Å². The summed E-state index contributed by atoms with van der Waals surface area (Å²) in [6.45, 7) is 5.91. The van der Waals surface area contributed by atoms with Crippen molar-refractivity contribution in [2.24, 2.45) is 0 Å². The molecule has 0 N–H and O–H groups in total. The van der Waals surface area contributed by atoms with E-state index in [2.05, 4.69) is 39.0 Å². The van der Waals surface area contributed by atoms with E-state index in [-0.39, 0.29) is 0 Å². The van der Waals surface area contributed by atoms with Crippen molar-refractivity contribution in [1.29, 1.82) is 0 Å². The number of piperidine rings is 1. The highest BCUT2D eigenvalue weighted by Crippen LogP contribution is 2.34. The predicted octanol–water partition coefficient (Wildman–Crippen LogP) is 4.30. The molecule has 1 fully saturated rings. The van der Waals surface area contributed by atoms with Gasteiger partial charge in [-0.2, -0.15) is 0 Å². The highest BCUT2D eigenvalue weighted by Gasteiger charge is 2.26. The third-order valence-electron chi connectivity index (χ3n) is 6.78. The summed E-state index contributed by atoms with van der Waals surface area (Å²) in [6, 6.07) is 16.3. The monoisotopic (exact) mass is 472 g/mol. The first-order valence-electron chi connectivity index (χ1n) is 12.2. The van der Waals surface area contributed by atoms with E-state index in [1.165, 1.54) is 6.42 Å². The third kappa shape index (κ3) is 4.79. The van der Waals surface area contributed by atoms with Crippen molar-refractivity contribution in [1.82, 2.24) is 24.5 Å². The number of fused-ring (bicyclic) bond motifs is 1. The van der Waals surface area contributed by atoms with Crippen LogP contribution in [0, 0.1) is 0 Å². The normalized spacial score (nSPS) is 16.4. The number of ether oxygens (including phenoxy) is 2. The van der Waals surface area contributed by atoms with Gasteiger partial charge in [-0.15, -0.1) is 10.2 Å². The summed E-state index contributed by atoms with van der Waals surface area (Å²) in [5, 5.41) is 9.34. The van der Waals surface area contributed by atoms with Crippen LogP contribution in [0.15, 0.2) is 60.9 Å². The Morgan fingerprint density at radius 3 is 2.77 bits per heavy atom. The molecule has 1 aliphatic heterocycles. The number of likely N-dealkylation sites (N-methyl/N-ethyl adjacent to an activating group) is 2. The van der Waals surface area contributed by atoms with E-state index in [1.807, 2.05) is 59.1 Å². The first-order valence-corrected chi connectivity index (χ1v) is 12.2. The zero-order valence-electron chi connectivity index (χ0n) is 20.6. The summed E-state index contributed by atoms with van der Waals surface area (Å²) >= 11 is 0. The summed E-state index contributed by atoms with van der Waals surface area (Å²) in [6.07, 6.45) is 6.06. The molecule has 5 rings (SSSR count). The maximum absolute atomic E-state index is 6.25. The van der Waals surface area contributed by atoms with Gasteiger partial charge < -0.3 is 19.3 Å². The zero-order valence-corrected chi connectivity index (χ0v) is 20.6. The molecule has 0 saturated carbocycles. The quantitative estimate of drug-likeness (QED) is 0.379. The van der Waals surface area contributed by atoms with Crippen LogP contribution in [0.3, 0.4) is 0 Å². The number of imidazole rings is 1. The van der Waals surface area contributed by atoms with Gasteiger partial charge in [0.1, 0.15) is 18.1 Å². The van der Waals surface area contributed by atoms with Gasteiger partial charge in [-0.1, -0.05) is 37.3 Å². The fourth-order valence-electron chi connectivity index (χ4n) is 4.72. The van der Waals surface area contributed by atoms with Crippen LogP contribution in [0.25, 0.3) is 17.0 Å². The van der Waals surface area contributed by atoms with E-state index < -0.39 is 0 Å². The first-order chi connectivity index (χ1) is 17.2. The van der Waals surface area contributed by atoms with Gasteiger partial charge in [0.05, 0.1) is 12.7 Å². The molecular weight excluding hydrogens is 440 g/mol. The van der Waals surface area contributed by atoms with Crippen LogP contribution in [-0.4, -0.2) is 64.3 Å². The summed E-state index contributed by atoms with van der Waals surface area (Å²) in [5.74, 6) is 2.88. The Morgan fingerprint density at radius 1 is 1.11 bits per heavy atom. The highest BCUT2D eigenvalue weighted by molar-refractivity contribution is 5.72. The lowest BCUT2D eigenvalue weighted by molar-refractivity contribution is 0.215. The number of likely N-dealkylation sites (tertiary alicyclic amines) is 1. The second kappa shape index (κ2) is 10.3. The van der Waals surface area contributed by atoms with Gasteiger partial charge in [-0.25, -0.2) is 4.98 Å². The minimum Gasteiger partial charge on any atom is -0.497 e. The summed E-state index contributed by atoms with van der Waals surface area (Å²) in [5.41, 5.74) is 2.71. The van der Waals surface area contributed by atoms with E-state index in [0.717, 1.165) is 54.4 Å². The molecule has 0 radical (unpaired) electrons. The fraction of sp³-hybridized carbons (Fsp3) is 0.370. The zero-order chi connectivity index (χ0) is 24.2. The molecule has 1 saturated heterocycles. The van der Waals surface area contributed by atoms with Gasteiger partial charge in [-0.3, -0.25) is 4.40 Å². The van der Waals surface area contributed by atoms with E-state index in [0.29, 0.717) is 24.2 Å². The number of anilines is 1. The van der Waals surface area contributed by atoms with Crippen LogP contribution in [0.4, 0.5) is 5.82 Å². The van der Waals surface area contributed by atoms with E-state index in [1.54, 1.807) is 13.3 Å². The molecule has 3 heterocycles. The van der Waals surface area contributed by atoms with Gasteiger partial charge in [0.2, 0.25) is 0 Å². The molecule has 2 aromatic carbocycles. The average molecular weight is 473 g/mol. The van der Waals surface area contributed by atoms with Crippen LogP contribution in [0.5, 0.6) is 11.5 Å². The minimum absolute atomic E-state index is 0.384. The molecular formula is C27H32N6O2. The maximum Gasteiger partial charge on any atom is 0.195 e. The number of rotatable bonds is 8. The molecule has 4 aromatic rings. The first kappa shape index (κ1) is 23.1. The van der Waals surface area contributed by atoms with Gasteiger partial charge in [0.25, 0.3) is 0 Å². The van der Waals surface area contributed by atoms with Crippen molar-refractivity contribution in [2.45, 2.75) is 32.4 Å². The van der Waals surface area contributed by atoms with Crippen molar-refractivity contribution in [3.05, 3.63) is 66.5 Å². The Hall–Kier alpha value is -3.65. The molecule has 8 nitrogen and oxygen atoms in total. The number of aromatic nitrogens is 4. The second-order valence-electron chi connectivity index (χ2n) is 8.90. The smallest absolute Gasteiger partial charge is 0.195 e. The number of hydrogen-bond acceptors (Lipinski definition) is 7. The number of benzene rings is 2. The van der Waals surface area contributed by atoms with Gasteiger partial charge in [-0.05, 0) is 43.6 Å². The van der Waals surface area contributed by atoms with Crippen LogP contribution in [-0.2, 0) is 6.61 Å². The van der Waals surface area contributed by atoms with Gasteiger partial charge >= 0.3 is 0 Å². The molecule has 0 aliphatic carbocycles. The van der Waals surface area contributed by atoms with E-state index in [4.69, 9.17) is 9.47 Å². The molecule has 8 heteroatoms. The molecule has 182 valence electrons. The van der Waals surface area contributed by atoms with Crippen LogP contribution in [0.1, 0.15) is 25.3 Å². The van der Waals surface area contributed by atoms with Crippen molar-refractivity contribution in [3.8, 4) is 22.9 Å². The number of methoxy groups -OCH3 is 1. The number of nitrogens with zero attached hydrogens (tertiary/aromatic N) is 6. The second-order valence-corrected chi connectivity index (χ2v) is 8.90. The Labute approximate surface area is 206 Å². The Bertz CT molecular complexity index is 1280. The van der Waals surface area contributed by atoms with Gasteiger partial charge in [0, 0.05) is 38.1 Å².